The van der Waals surface area contributed by atoms with Gasteiger partial charge >= 0.3 is 5.97 Å². The van der Waals surface area contributed by atoms with Gasteiger partial charge in [0.25, 0.3) is 0 Å². The Kier molecular flexibility index (Phi) is 3.86. The standard InChI is InChI=1S/C9H19NO4/c1-11-8(5-4-6-10)7-14-9(8,12-2)13-3/h4-7,10H2,1-3H3. The summed E-state index contributed by atoms with van der Waals surface area (Å²) in [4.78, 5) is 0. The molecule has 0 aliphatic carbocycles. The van der Waals surface area contributed by atoms with Gasteiger partial charge in [0.15, 0.2) is 5.60 Å². The highest BCUT2D eigenvalue weighted by atomic mass is 16.9. The van der Waals surface area contributed by atoms with Crippen LogP contribution in [0.2, 0.25) is 0 Å². The van der Waals surface area contributed by atoms with Crippen LogP contribution in [-0.2, 0) is 18.9 Å². The Bertz CT molecular complexity index is 174. The van der Waals surface area contributed by atoms with Gasteiger partial charge in [-0.25, -0.2) is 0 Å². The molecule has 5 nitrogen and oxygen atoms in total. The van der Waals surface area contributed by atoms with E-state index in [0.29, 0.717) is 13.2 Å². The summed E-state index contributed by atoms with van der Waals surface area (Å²) in [5.74, 6) is -1.06. The zero-order chi connectivity index (χ0) is 10.7. The van der Waals surface area contributed by atoms with E-state index < -0.39 is 11.6 Å². The Morgan fingerprint density at radius 1 is 1.21 bits per heavy atom. The SMILES string of the molecule is COC1(CCCN)COC1(OC)OC. The topological polar surface area (TPSA) is 62.9 Å². The summed E-state index contributed by atoms with van der Waals surface area (Å²) in [6, 6.07) is 0. The van der Waals surface area contributed by atoms with Gasteiger partial charge in [0.1, 0.15) is 0 Å². The van der Waals surface area contributed by atoms with Crippen molar-refractivity contribution in [3.05, 3.63) is 0 Å². The number of hydrogen-bond acceptors (Lipinski definition) is 5. The summed E-state index contributed by atoms with van der Waals surface area (Å²) in [5.41, 5.74) is 4.94. The van der Waals surface area contributed by atoms with Gasteiger partial charge in [0.2, 0.25) is 0 Å². The molecule has 14 heavy (non-hydrogen) atoms. The molecule has 0 radical (unpaired) electrons. The molecule has 1 fully saturated rings. The highest BCUT2D eigenvalue weighted by Crippen LogP contribution is 2.44. The molecule has 1 atom stereocenters. The highest BCUT2D eigenvalue weighted by Gasteiger charge is 2.63. The quantitative estimate of drug-likeness (QED) is 0.622. The fourth-order valence-electron chi connectivity index (χ4n) is 1.82. The Hall–Kier alpha value is -0.200. The van der Waals surface area contributed by atoms with Crippen LogP contribution in [0.5, 0.6) is 0 Å². The van der Waals surface area contributed by atoms with Crippen molar-refractivity contribution >= 4 is 0 Å². The van der Waals surface area contributed by atoms with Crippen LogP contribution in [0, 0.1) is 0 Å². The van der Waals surface area contributed by atoms with Crippen molar-refractivity contribution in [3.63, 3.8) is 0 Å². The van der Waals surface area contributed by atoms with Crippen molar-refractivity contribution in [1.29, 1.82) is 0 Å². The smallest absolute Gasteiger partial charge is 0.315 e. The van der Waals surface area contributed by atoms with E-state index in [4.69, 9.17) is 24.7 Å². The Morgan fingerprint density at radius 2 is 1.86 bits per heavy atom. The van der Waals surface area contributed by atoms with E-state index in [2.05, 4.69) is 0 Å². The Balaban J connectivity index is 2.68. The van der Waals surface area contributed by atoms with Crippen molar-refractivity contribution in [2.45, 2.75) is 24.4 Å². The monoisotopic (exact) mass is 205 g/mol. The summed E-state index contributed by atoms with van der Waals surface area (Å²) in [5, 5.41) is 0. The summed E-state index contributed by atoms with van der Waals surface area (Å²) < 4.78 is 21.2. The molecule has 5 heteroatoms. The number of nitrogens with two attached hydrogens (primary N) is 1. The largest absolute Gasteiger partial charge is 0.367 e. The fourth-order valence-corrected chi connectivity index (χ4v) is 1.82. The van der Waals surface area contributed by atoms with Crippen molar-refractivity contribution in [3.8, 4) is 0 Å². The van der Waals surface area contributed by atoms with Gasteiger partial charge < -0.3 is 24.7 Å². The summed E-state index contributed by atoms with van der Waals surface area (Å²) >= 11 is 0. The molecule has 1 aliphatic heterocycles. The molecule has 1 unspecified atom stereocenters. The molecular weight excluding hydrogens is 186 g/mol. The average molecular weight is 205 g/mol. The predicted octanol–water partition coefficient (Wildman–Crippen LogP) is 0.0873. The molecule has 0 saturated carbocycles. The molecule has 84 valence electrons. The van der Waals surface area contributed by atoms with E-state index >= 15 is 0 Å². The molecule has 0 aromatic carbocycles. The molecule has 0 amide bonds. The lowest BCUT2D eigenvalue weighted by Gasteiger charge is -2.54. The van der Waals surface area contributed by atoms with Crippen molar-refractivity contribution in [2.24, 2.45) is 5.73 Å². The first-order valence-electron chi connectivity index (χ1n) is 4.70. The van der Waals surface area contributed by atoms with Crippen LogP contribution in [0.15, 0.2) is 0 Å². The van der Waals surface area contributed by atoms with Crippen LogP contribution in [0.1, 0.15) is 12.8 Å². The lowest BCUT2D eigenvalue weighted by molar-refractivity contribution is -0.505. The van der Waals surface area contributed by atoms with Crippen LogP contribution in [0.25, 0.3) is 0 Å². The van der Waals surface area contributed by atoms with E-state index in [9.17, 15) is 0 Å². The molecule has 1 aliphatic rings. The molecule has 0 aromatic heterocycles. The first kappa shape index (κ1) is 11.9. The van der Waals surface area contributed by atoms with Gasteiger partial charge in [0, 0.05) is 21.3 Å². The van der Waals surface area contributed by atoms with E-state index in [1.54, 1.807) is 21.3 Å². The van der Waals surface area contributed by atoms with Crippen molar-refractivity contribution in [2.75, 3.05) is 34.5 Å². The zero-order valence-corrected chi connectivity index (χ0v) is 9.04. The number of ether oxygens (including phenoxy) is 4. The second-order valence-electron chi connectivity index (χ2n) is 3.34. The lowest BCUT2D eigenvalue weighted by atomic mass is 9.90. The van der Waals surface area contributed by atoms with Crippen LogP contribution in [-0.4, -0.2) is 46.1 Å². The van der Waals surface area contributed by atoms with Crippen LogP contribution in [0.4, 0.5) is 0 Å². The molecule has 2 N–H and O–H groups in total. The minimum atomic E-state index is -1.06. The summed E-state index contributed by atoms with van der Waals surface area (Å²) in [7, 11) is 4.71. The highest BCUT2D eigenvalue weighted by molar-refractivity contribution is 4.98. The zero-order valence-electron chi connectivity index (χ0n) is 9.04. The minimum absolute atomic E-state index is 0.477. The maximum Gasteiger partial charge on any atom is 0.315 e. The van der Waals surface area contributed by atoms with Gasteiger partial charge in [-0.2, -0.15) is 0 Å². The van der Waals surface area contributed by atoms with Crippen LogP contribution >= 0.6 is 0 Å². The number of methoxy groups -OCH3 is 3. The molecule has 1 saturated heterocycles. The van der Waals surface area contributed by atoms with Crippen molar-refractivity contribution in [1.82, 2.24) is 0 Å². The molecule has 0 spiro atoms. The third-order valence-electron chi connectivity index (χ3n) is 2.77. The maximum atomic E-state index is 5.46. The van der Waals surface area contributed by atoms with Gasteiger partial charge in [-0.1, -0.05) is 0 Å². The lowest BCUT2D eigenvalue weighted by Crippen LogP contribution is -2.71. The fraction of sp³-hybridized carbons (Fsp3) is 1.00. The minimum Gasteiger partial charge on any atom is -0.367 e. The van der Waals surface area contributed by atoms with Gasteiger partial charge in [0.05, 0.1) is 6.61 Å². The first-order chi connectivity index (χ1) is 6.70. The summed E-state index contributed by atoms with van der Waals surface area (Å²) in [6.45, 7) is 1.10. The van der Waals surface area contributed by atoms with Gasteiger partial charge in [-0.05, 0) is 19.4 Å². The first-order valence-corrected chi connectivity index (χ1v) is 4.70. The third-order valence-corrected chi connectivity index (χ3v) is 2.77. The number of rotatable bonds is 6. The van der Waals surface area contributed by atoms with E-state index in [0.717, 1.165) is 12.8 Å². The number of hydrogen-bond donors (Lipinski definition) is 1. The van der Waals surface area contributed by atoms with E-state index in [-0.39, 0.29) is 0 Å². The molecule has 0 aromatic rings. The molecule has 1 heterocycles. The van der Waals surface area contributed by atoms with E-state index in [1.807, 2.05) is 0 Å². The second kappa shape index (κ2) is 4.55. The maximum absolute atomic E-state index is 5.46. The molecule has 1 rings (SSSR count). The normalized spacial score (nSPS) is 30.0. The second-order valence-corrected chi connectivity index (χ2v) is 3.34. The van der Waals surface area contributed by atoms with Crippen LogP contribution in [0.3, 0.4) is 0 Å². The Labute approximate surface area is 84.4 Å². The molecular formula is C9H19NO4. The third kappa shape index (κ3) is 1.55. The molecule has 0 bridgehead atoms. The van der Waals surface area contributed by atoms with Crippen molar-refractivity contribution < 1.29 is 18.9 Å². The van der Waals surface area contributed by atoms with Gasteiger partial charge in [-0.3, -0.25) is 0 Å². The average Bonchev–Trinajstić information content (AvgIpc) is 2.20. The van der Waals surface area contributed by atoms with Gasteiger partial charge in [-0.15, -0.1) is 0 Å². The van der Waals surface area contributed by atoms with E-state index in [1.165, 1.54) is 0 Å². The summed E-state index contributed by atoms with van der Waals surface area (Å²) in [6.07, 6.45) is 1.62. The van der Waals surface area contributed by atoms with Crippen LogP contribution < -0.4 is 5.73 Å². The Morgan fingerprint density at radius 3 is 2.14 bits per heavy atom. The predicted molar refractivity (Wildman–Crippen MR) is 50.7 cm³/mol.